The van der Waals surface area contributed by atoms with Gasteiger partial charge in [-0.05, 0) is 53.7 Å². The van der Waals surface area contributed by atoms with E-state index in [0.717, 1.165) is 11.6 Å². The van der Waals surface area contributed by atoms with Gasteiger partial charge >= 0.3 is 13.3 Å². The summed E-state index contributed by atoms with van der Waals surface area (Å²) in [6, 6.07) is 8.98. The Bertz CT molecular complexity index is 916. The predicted molar refractivity (Wildman–Crippen MR) is 105 cm³/mol. The number of rotatable bonds is 4. The van der Waals surface area contributed by atoms with Crippen molar-refractivity contribution in [3.8, 4) is 0 Å². The van der Waals surface area contributed by atoms with E-state index in [9.17, 15) is 18.2 Å². The van der Waals surface area contributed by atoms with Crippen LogP contribution < -0.4 is 11.2 Å². The third-order valence-electron chi connectivity index (χ3n) is 4.73. The summed E-state index contributed by atoms with van der Waals surface area (Å²) in [6.07, 6.45) is -3.69. The van der Waals surface area contributed by atoms with Crippen molar-refractivity contribution in [1.29, 1.82) is 0 Å². The zero-order valence-corrected chi connectivity index (χ0v) is 16.4. The molecule has 0 amide bonds. The van der Waals surface area contributed by atoms with E-state index in [1.165, 1.54) is 18.2 Å². The molecule has 0 spiro atoms. The molecule has 0 aromatic heterocycles. The number of hydrogen-bond donors (Lipinski definition) is 2. The fourth-order valence-electron chi connectivity index (χ4n) is 3.36. The van der Waals surface area contributed by atoms with Gasteiger partial charge in [0.25, 0.3) is 0 Å². The van der Waals surface area contributed by atoms with Crippen LogP contribution in [0.15, 0.2) is 42.5 Å². The first kappa shape index (κ1) is 21.2. The minimum atomic E-state index is -4.62. The molecule has 0 aliphatic carbocycles. The van der Waals surface area contributed by atoms with Crippen molar-refractivity contribution in [2.24, 2.45) is 5.73 Å². The molecule has 28 heavy (non-hydrogen) atoms. The van der Waals surface area contributed by atoms with Crippen molar-refractivity contribution >= 4 is 41.4 Å². The monoisotopic (exact) mass is 429 g/mol. The largest absolute Gasteiger partial charge is 0.492 e. The lowest BCUT2D eigenvalue weighted by atomic mass is 9.77. The summed E-state index contributed by atoms with van der Waals surface area (Å²) in [4.78, 5) is 0. The molecule has 2 aromatic rings. The fourth-order valence-corrected chi connectivity index (χ4v) is 3.89. The van der Waals surface area contributed by atoms with Gasteiger partial charge in [0, 0.05) is 16.6 Å². The maximum absolute atomic E-state index is 13.7. The number of alkyl halides is 3. The Hall–Kier alpha value is -1.51. The van der Waals surface area contributed by atoms with Crippen LogP contribution in [0, 0.1) is 0 Å². The normalized spacial score (nSPS) is 19.9. The second-order valence-electron chi connectivity index (χ2n) is 6.80. The van der Waals surface area contributed by atoms with E-state index in [1.54, 1.807) is 25.1 Å². The van der Waals surface area contributed by atoms with Gasteiger partial charge in [0.2, 0.25) is 0 Å². The number of hydrogen-bond acceptors (Lipinski definition) is 3. The quantitative estimate of drug-likeness (QED) is 0.707. The van der Waals surface area contributed by atoms with Gasteiger partial charge in [-0.15, -0.1) is 0 Å². The lowest BCUT2D eigenvalue weighted by molar-refractivity contribution is -0.0692. The highest BCUT2D eigenvalue weighted by Gasteiger charge is 2.44. The van der Waals surface area contributed by atoms with E-state index in [1.807, 2.05) is 0 Å². The topological polar surface area (TPSA) is 55.5 Å². The molecule has 0 bridgehead atoms. The Morgan fingerprint density at radius 2 is 1.86 bits per heavy atom. The second kappa shape index (κ2) is 7.73. The van der Waals surface area contributed by atoms with Crippen molar-refractivity contribution in [3.05, 3.63) is 69.2 Å². The Kier molecular flexibility index (Phi) is 5.85. The number of halogens is 5. The fraction of sp³-hybridized carbons (Fsp3) is 0.263. The molecule has 3 N–H and O–H groups in total. The SMILES string of the molecule is CC1(C/C=C(\c2cc(Cl)cc(Cl)c2)C(F)(F)F)OB(O)c2cc(CN)ccc21. The maximum atomic E-state index is 13.7. The third kappa shape index (κ3) is 4.24. The van der Waals surface area contributed by atoms with E-state index >= 15 is 0 Å². The van der Waals surface area contributed by atoms with Gasteiger partial charge < -0.3 is 15.4 Å². The molecule has 2 aromatic carbocycles. The number of fused-ring (bicyclic) bond motifs is 1. The molecule has 0 saturated heterocycles. The van der Waals surface area contributed by atoms with Crippen LogP contribution in [0.5, 0.6) is 0 Å². The average Bonchev–Trinajstić information content (AvgIpc) is 2.83. The first-order valence-electron chi connectivity index (χ1n) is 8.46. The highest BCUT2D eigenvalue weighted by Crippen LogP contribution is 2.40. The molecule has 0 radical (unpaired) electrons. The van der Waals surface area contributed by atoms with Crippen molar-refractivity contribution < 1.29 is 22.8 Å². The molecule has 0 saturated carbocycles. The number of benzene rings is 2. The predicted octanol–water partition coefficient (Wildman–Crippen LogP) is 4.42. The second-order valence-corrected chi connectivity index (χ2v) is 7.68. The smallest absolute Gasteiger partial charge is 0.423 e. The highest BCUT2D eigenvalue weighted by molar-refractivity contribution is 6.62. The molecule has 1 heterocycles. The number of allylic oxidation sites excluding steroid dienone is 1. The summed E-state index contributed by atoms with van der Waals surface area (Å²) in [7, 11) is -1.23. The van der Waals surface area contributed by atoms with Crippen LogP contribution in [0.2, 0.25) is 10.0 Å². The van der Waals surface area contributed by atoms with Crippen molar-refractivity contribution in [3.63, 3.8) is 0 Å². The molecule has 3 rings (SSSR count). The molecule has 1 atom stereocenters. The number of nitrogens with two attached hydrogens (primary N) is 1. The van der Waals surface area contributed by atoms with Gasteiger partial charge in [-0.2, -0.15) is 13.2 Å². The maximum Gasteiger partial charge on any atom is 0.492 e. The Morgan fingerprint density at radius 3 is 2.43 bits per heavy atom. The van der Waals surface area contributed by atoms with Gasteiger partial charge in [0.1, 0.15) is 0 Å². The van der Waals surface area contributed by atoms with Gasteiger partial charge in [-0.1, -0.05) is 47.5 Å². The van der Waals surface area contributed by atoms with Crippen LogP contribution in [0.1, 0.15) is 30.0 Å². The van der Waals surface area contributed by atoms with E-state index in [-0.39, 0.29) is 28.6 Å². The Morgan fingerprint density at radius 1 is 1.21 bits per heavy atom. The Labute approximate surface area is 171 Å². The molecule has 148 valence electrons. The van der Waals surface area contributed by atoms with Crippen molar-refractivity contribution in [1.82, 2.24) is 0 Å². The van der Waals surface area contributed by atoms with Crippen LogP contribution in [0.25, 0.3) is 5.57 Å². The Balaban J connectivity index is 2.00. The van der Waals surface area contributed by atoms with E-state index in [4.69, 9.17) is 33.6 Å². The first-order chi connectivity index (χ1) is 13.0. The minimum absolute atomic E-state index is 0.107. The van der Waals surface area contributed by atoms with Gasteiger partial charge in [0.05, 0.1) is 11.2 Å². The van der Waals surface area contributed by atoms with E-state index < -0.39 is 24.5 Å². The molecule has 1 unspecified atom stereocenters. The third-order valence-corrected chi connectivity index (χ3v) is 5.17. The lowest BCUT2D eigenvalue weighted by Crippen LogP contribution is -2.29. The van der Waals surface area contributed by atoms with Crippen LogP contribution in [0.4, 0.5) is 13.2 Å². The zero-order chi connectivity index (χ0) is 20.7. The van der Waals surface area contributed by atoms with Crippen molar-refractivity contribution in [2.75, 3.05) is 0 Å². The van der Waals surface area contributed by atoms with Crippen LogP contribution >= 0.6 is 23.2 Å². The van der Waals surface area contributed by atoms with Crippen LogP contribution in [-0.2, 0) is 16.8 Å². The lowest BCUT2D eigenvalue weighted by Gasteiger charge is -2.25. The van der Waals surface area contributed by atoms with Gasteiger partial charge in [-0.25, -0.2) is 0 Å². The average molecular weight is 430 g/mol. The zero-order valence-electron chi connectivity index (χ0n) is 14.9. The molecule has 9 heteroatoms. The molecular formula is C19H17BCl2F3NO2. The summed E-state index contributed by atoms with van der Waals surface area (Å²) in [5.41, 5.74) is 5.42. The van der Waals surface area contributed by atoms with E-state index in [2.05, 4.69) is 0 Å². The van der Waals surface area contributed by atoms with Gasteiger partial charge in [0.15, 0.2) is 0 Å². The molecular weight excluding hydrogens is 413 g/mol. The van der Waals surface area contributed by atoms with Crippen molar-refractivity contribution in [2.45, 2.75) is 31.7 Å². The van der Waals surface area contributed by atoms with Gasteiger partial charge in [-0.3, -0.25) is 0 Å². The standard InChI is InChI=1S/C19H17BCl2F3NO2/c1-18(16-3-2-11(10-26)6-17(16)20(27)28-18)5-4-15(19(23,24)25)12-7-13(21)9-14(22)8-12/h2-4,6-9,27H,5,10,26H2,1H3/b15-4+. The van der Waals surface area contributed by atoms with E-state index in [0.29, 0.717) is 11.0 Å². The molecule has 0 fully saturated rings. The summed E-state index contributed by atoms with van der Waals surface area (Å²) >= 11 is 11.7. The summed E-state index contributed by atoms with van der Waals surface area (Å²) < 4.78 is 46.7. The van der Waals surface area contributed by atoms with Crippen LogP contribution in [0.3, 0.4) is 0 Å². The molecule has 3 nitrogen and oxygen atoms in total. The van der Waals surface area contributed by atoms with Crippen LogP contribution in [-0.4, -0.2) is 18.3 Å². The summed E-state index contributed by atoms with van der Waals surface area (Å²) in [5.74, 6) is 0. The summed E-state index contributed by atoms with van der Waals surface area (Å²) in [6.45, 7) is 1.92. The molecule has 1 aliphatic heterocycles. The highest BCUT2D eigenvalue weighted by atomic mass is 35.5. The minimum Gasteiger partial charge on any atom is -0.423 e. The first-order valence-corrected chi connectivity index (χ1v) is 9.22. The summed E-state index contributed by atoms with van der Waals surface area (Å²) in [5, 5.41) is 10.4. The molecule has 1 aliphatic rings.